The van der Waals surface area contributed by atoms with Crippen molar-refractivity contribution in [3.63, 3.8) is 0 Å². The van der Waals surface area contributed by atoms with Crippen LogP contribution in [0.2, 0.25) is 0 Å². The second kappa shape index (κ2) is 4.46. The number of thiophene rings is 1. The van der Waals surface area contributed by atoms with Crippen molar-refractivity contribution in [2.75, 3.05) is 5.32 Å². The van der Waals surface area contributed by atoms with Crippen molar-refractivity contribution in [3.05, 3.63) is 64.4 Å². The maximum absolute atomic E-state index is 12.1. The van der Waals surface area contributed by atoms with Crippen LogP contribution in [-0.4, -0.2) is 5.91 Å². The van der Waals surface area contributed by atoms with Gasteiger partial charge in [-0.1, -0.05) is 42.5 Å². The lowest BCUT2D eigenvalue weighted by atomic mass is 9.87. The Balaban J connectivity index is 1.97. The van der Waals surface area contributed by atoms with Crippen molar-refractivity contribution in [1.29, 1.82) is 0 Å². The highest BCUT2D eigenvalue weighted by atomic mass is 32.1. The molecule has 0 saturated carbocycles. The first-order valence-corrected chi connectivity index (χ1v) is 7.56. The molecule has 0 bridgehead atoms. The van der Waals surface area contributed by atoms with Gasteiger partial charge in [-0.2, -0.15) is 0 Å². The van der Waals surface area contributed by atoms with Crippen molar-refractivity contribution >= 4 is 33.7 Å². The summed E-state index contributed by atoms with van der Waals surface area (Å²) in [6.45, 7) is 0. The molecular weight excluding hydrogens is 266 g/mol. The number of carbonyl (C=O) groups excluding carboxylic acids is 1. The van der Waals surface area contributed by atoms with E-state index in [-0.39, 0.29) is 11.8 Å². The van der Waals surface area contributed by atoms with Crippen LogP contribution in [0.1, 0.15) is 22.8 Å². The Kier molecular flexibility index (Phi) is 2.60. The summed E-state index contributed by atoms with van der Waals surface area (Å²) in [7, 11) is 0. The van der Waals surface area contributed by atoms with Crippen LogP contribution in [0, 0.1) is 0 Å². The lowest BCUT2D eigenvalue weighted by Crippen LogP contribution is -2.23. The van der Waals surface area contributed by atoms with Crippen molar-refractivity contribution in [1.82, 2.24) is 0 Å². The number of fused-ring (bicyclic) bond motifs is 3. The molecule has 2 aromatic carbocycles. The molecule has 1 aliphatic heterocycles. The molecule has 0 radical (unpaired) electrons. The molecule has 0 spiro atoms. The van der Waals surface area contributed by atoms with Crippen LogP contribution in [0.15, 0.2) is 53.9 Å². The van der Waals surface area contributed by atoms with Gasteiger partial charge in [0.1, 0.15) is 0 Å². The Labute approximate surface area is 121 Å². The summed E-state index contributed by atoms with van der Waals surface area (Å²) in [4.78, 5) is 13.3. The fraction of sp³-hybridized carbons (Fsp3) is 0.118. The molecule has 0 unspecified atom stereocenters. The first-order valence-electron chi connectivity index (χ1n) is 6.68. The summed E-state index contributed by atoms with van der Waals surface area (Å²) in [6, 6.07) is 16.7. The Morgan fingerprint density at radius 2 is 1.95 bits per heavy atom. The van der Waals surface area contributed by atoms with Gasteiger partial charge in [0.25, 0.3) is 0 Å². The predicted molar refractivity (Wildman–Crippen MR) is 83.4 cm³/mol. The molecule has 1 aromatic heterocycles. The van der Waals surface area contributed by atoms with Gasteiger partial charge in [-0.25, -0.2) is 0 Å². The third-order valence-electron chi connectivity index (χ3n) is 3.88. The van der Waals surface area contributed by atoms with Gasteiger partial charge in [-0.3, -0.25) is 4.79 Å². The van der Waals surface area contributed by atoms with E-state index in [9.17, 15) is 4.79 Å². The van der Waals surface area contributed by atoms with Gasteiger partial charge in [-0.05, 0) is 22.4 Å². The number of amides is 1. The van der Waals surface area contributed by atoms with Crippen LogP contribution in [-0.2, 0) is 4.79 Å². The predicted octanol–water partition coefficient (Wildman–Crippen LogP) is 4.38. The average molecular weight is 279 g/mol. The molecule has 20 heavy (non-hydrogen) atoms. The molecule has 0 aliphatic carbocycles. The van der Waals surface area contributed by atoms with E-state index in [1.807, 2.05) is 18.2 Å². The number of benzene rings is 2. The Morgan fingerprint density at radius 3 is 2.80 bits per heavy atom. The molecule has 1 amide bonds. The second-order valence-electron chi connectivity index (χ2n) is 5.07. The first-order chi connectivity index (χ1) is 9.83. The lowest BCUT2D eigenvalue weighted by Gasteiger charge is -2.26. The summed E-state index contributed by atoms with van der Waals surface area (Å²) in [5.74, 6) is 0.288. The number of hydrogen-bond donors (Lipinski definition) is 1. The summed E-state index contributed by atoms with van der Waals surface area (Å²) in [6.07, 6.45) is 0.534. The van der Waals surface area contributed by atoms with E-state index >= 15 is 0 Å². The highest BCUT2D eigenvalue weighted by Crippen LogP contribution is 2.41. The van der Waals surface area contributed by atoms with E-state index < -0.39 is 0 Å². The molecule has 1 aliphatic rings. The monoisotopic (exact) mass is 279 g/mol. The first kappa shape index (κ1) is 11.7. The molecule has 1 atom stereocenters. The SMILES string of the molecule is O=C1C[C@@H](c2cccs2)c2ccc3ccccc3c2N1. The zero-order chi connectivity index (χ0) is 13.5. The third kappa shape index (κ3) is 1.74. The summed E-state index contributed by atoms with van der Waals surface area (Å²) in [5.41, 5.74) is 2.21. The third-order valence-corrected chi connectivity index (χ3v) is 4.86. The molecule has 1 N–H and O–H groups in total. The standard InChI is InChI=1S/C17H13NOS/c19-16-10-14(15-6-3-9-20-15)13-8-7-11-4-1-2-5-12(11)17(13)18-16/h1-9,14H,10H2,(H,18,19)/t14-/m1/s1. The van der Waals surface area contributed by atoms with Gasteiger partial charge in [0.15, 0.2) is 0 Å². The van der Waals surface area contributed by atoms with Crippen molar-refractivity contribution < 1.29 is 4.79 Å². The fourth-order valence-electron chi connectivity index (χ4n) is 2.95. The number of hydrogen-bond acceptors (Lipinski definition) is 2. The van der Waals surface area contributed by atoms with E-state index in [1.165, 1.54) is 15.8 Å². The van der Waals surface area contributed by atoms with Crippen LogP contribution in [0.25, 0.3) is 10.8 Å². The zero-order valence-electron chi connectivity index (χ0n) is 10.8. The van der Waals surface area contributed by atoms with Crippen molar-refractivity contribution in [2.45, 2.75) is 12.3 Å². The summed E-state index contributed by atoms with van der Waals surface area (Å²) < 4.78 is 0. The minimum atomic E-state index is 0.104. The molecule has 3 heteroatoms. The zero-order valence-corrected chi connectivity index (χ0v) is 11.6. The smallest absolute Gasteiger partial charge is 0.225 e. The molecule has 0 saturated heterocycles. The van der Waals surface area contributed by atoms with Gasteiger partial charge in [0, 0.05) is 22.6 Å². The van der Waals surface area contributed by atoms with Crippen molar-refractivity contribution in [3.8, 4) is 0 Å². The van der Waals surface area contributed by atoms with Crippen LogP contribution < -0.4 is 5.32 Å². The molecule has 98 valence electrons. The molecular formula is C17H13NOS. The lowest BCUT2D eigenvalue weighted by molar-refractivity contribution is -0.116. The number of rotatable bonds is 1. The van der Waals surface area contributed by atoms with Crippen molar-refractivity contribution in [2.24, 2.45) is 0 Å². The normalized spacial score (nSPS) is 17.8. The Hall–Kier alpha value is -2.13. The maximum Gasteiger partial charge on any atom is 0.225 e. The minimum absolute atomic E-state index is 0.104. The minimum Gasteiger partial charge on any atom is -0.325 e. The number of carbonyl (C=O) groups is 1. The van der Waals surface area contributed by atoms with E-state index in [4.69, 9.17) is 0 Å². The highest BCUT2D eigenvalue weighted by molar-refractivity contribution is 7.10. The van der Waals surface area contributed by atoms with Gasteiger partial charge in [-0.15, -0.1) is 11.3 Å². The summed E-state index contributed by atoms with van der Waals surface area (Å²) in [5, 5.41) is 7.42. The van der Waals surface area contributed by atoms with Gasteiger partial charge >= 0.3 is 0 Å². The highest BCUT2D eigenvalue weighted by Gasteiger charge is 2.28. The molecule has 2 nitrogen and oxygen atoms in total. The van der Waals surface area contributed by atoms with Gasteiger partial charge in [0.05, 0.1) is 5.69 Å². The van der Waals surface area contributed by atoms with Gasteiger partial charge in [0.2, 0.25) is 5.91 Å². The average Bonchev–Trinajstić information content (AvgIpc) is 3.00. The van der Waals surface area contributed by atoms with E-state index in [0.29, 0.717) is 6.42 Å². The molecule has 4 rings (SSSR count). The Morgan fingerprint density at radius 1 is 1.05 bits per heavy atom. The number of anilines is 1. The van der Waals surface area contributed by atoms with E-state index in [0.717, 1.165) is 11.1 Å². The quantitative estimate of drug-likeness (QED) is 0.704. The van der Waals surface area contributed by atoms with Crippen LogP contribution in [0.3, 0.4) is 0 Å². The second-order valence-corrected chi connectivity index (χ2v) is 6.05. The van der Waals surface area contributed by atoms with Crippen LogP contribution in [0.5, 0.6) is 0 Å². The fourth-order valence-corrected chi connectivity index (χ4v) is 3.79. The maximum atomic E-state index is 12.1. The summed E-state index contributed by atoms with van der Waals surface area (Å²) >= 11 is 1.72. The largest absolute Gasteiger partial charge is 0.325 e. The molecule has 3 aromatic rings. The van der Waals surface area contributed by atoms with Gasteiger partial charge < -0.3 is 5.32 Å². The molecule has 2 heterocycles. The Bertz CT molecular complexity index is 792. The molecule has 0 fully saturated rings. The van der Waals surface area contributed by atoms with Crippen LogP contribution >= 0.6 is 11.3 Å². The van der Waals surface area contributed by atoms with E-state index in [1.54, 1.807) is 11.3 Å². The number of nitrogens with one attached hydrogen (secondary N) is 1. The topological polar surface area (TPSA) is 29.1 Å². The van der Waals surface area contributed by atoms with Crippen LogP contribution in [0.4, 0.5) is 5.69 Å². The van der Waals surface area contributed by atoms with E-state index in [2.05, 4.69) is 41.0 Å².